The predicted molar refractivity (Wildman–Crippen MR) is 78.8 cm³/mol. The van der Waals surface area contributed by atoms with Crippen LogP contribution in [0.15, 0.2) is 42.6 Å². The molecule has 102 valence electrons. The van der Waals surface area contributed by atoms with Gasteiger partial charge in [0, 0.05) is 16.9 Å². The zero-order valence-electron chi connectivity index (χ0n) is 10.9. The van der Waals surface area contributed by atoms with Gasteiger partial charge in [0.15, 0.2) is 0 Å². The molecule has 0 aliphatic carbocycles. The minimum Gasteiger partial charge on any atom is -0.492 e. The summed E-state index contributed by atoms with van der Waals surface area (Å²) in [6.45, 7) is 2.22. The minimum absolute atomic E-state index is 0.645. The molecule has 2 N–H and O–H groups in total. The van der Waals surface area contributed by atoms with Crippen LogP contribution in [-0.2, 0) is 13.0 Å². The summed E-state index contributed by atoms with van der Waals surface area (Å²) in [4.78, 5) is 0. The summed E-state index contributed by atoms with van der Waals surface area (Å²) in [6.07, 6.45) is 4.11. The van der Waals surface area contributed by atoms with Gasteiger partial charge in [-0.1, -0.05) is 11.6 Å². The number of aryl methyl sites for hydroxylation is 1. The van der Waals surface area contributed by atoms with Crippen LogP contribution in [0.4, 0.5) is 0 Å². The van der Waals surface area contributed by atoms with E-state index in [0.717, 1.165) is 36.7 Å². The van der Waals surface area contributed by atoms with Gasteiger partial charge in [-0.25, -0.2) is 0 Å². The molecule has 3 nitrogen and oxygen atoms in total. The summed E-state index contributed by atoms with van der Waals surface area (Å²) in [6, 6.07) is 11.6. The second-order valence-corrected chi connectivity index (χ2v) is 4.82. The van der Waals surface area contributed by atoms with E-state index in [9.17, 15) is 0 Å². The van der Waals surface area contributed by atoms with Crippen molar-refractivity contribution >= 4 is 11.6 Å². The Balaban J connectivity index is 1.82. The number of benzene rings is 1. The Labute approximate surface area is 118 Å². The van der Waals surface area contributed by atoms with Crippen molar-refractivity contribution in [1.82, 2.24) is 4.57 Å². The molecule has 0 aliphatic heterocycles. The normalized spacial score (nSPS) is 10.6. The van der Waals surface area contributed by atoms with Crippen molar-refractivity contribution in [1.29, 1.82) is 0 Å². The zero-order valence-corrected chi connectivity index (χ0v) is 11.6. The van der Waals surface area contributed by atoms with Crippen LogP contribution in [0.3, 0.4) is 0 Å². The molecule has 19 heavy (non-hydrogen) atoms. The Morgan fingerprint density at radius 2 is 1.95 bits per heavy atom. The summed E-state index contributed by atoms with van der Waals surface area (Å²) in [7, 11) is 0. The van der Waals surface area contributed by atoms with E-state index < -0.39 is 0 Å². The van der Waals surface area contributed by atoms with Crippen LogP contribution in [0, 0.1) is 0 Å². The fourth-order valence-electron chi connectivity index (χ4n) is 1.97. The van der Waals surface area contributed by atoms with E-state index in [1.165, 1.54) is 5.69 Å². The van der Waals surface area contributed by atoms with Crippen molar-refractivity contribution in [2.45, 2.75) is 19.4 Å². The summed E-state index contributed by atoms with van der Waals surface area (Å²) in [5.74, 6) is 0.847. The Morgan fingerprint density at radius 1 is 1.16 bits per heavy atom. The van der Waals surface area contributed by atoms with Crippen LogP contribution in [0.25, 0.3) is 0 Å². The van der Waals surface area contributed by atoms with E-state index in [1.54, 1.807) is 0 Å². The predicted octanol–water partition coefficient (Wildman–Crippen LogP) is 3.11. The molecule has 0 saturated heterocycles. The van der Waals surface area contributed by atoms with Gasteiger partial charge in [0.05, 0.1) is 6.54 Å². The molecule has 0 atom stereocenters. The molecule has 0 saturated carbocycles. The average Bonchev–Trinajstić information content (AvgIpc) is 2.86. The van der Waals surface area contributed by atoms with Crippen molar-refractivity contribution in [3.63, 3.8) is 0 Å². The third-order valence-electron chi connectivity index (χ3n) is 2.98. The number of rotatable bonds is 7. The molecule has 2 aromatic rings. The molecule has 4 heteroatoms. The van der Waals surface area contributed by atoms with Crippen LogP contribution in [0.1, 0.15) is 12.1 Å². The standard InChI is InChI=1S/C15H19ClN2O/c16-13-5-7-15(8-6-13)19-12-11-18-10-2-4-14(18)3-1-9-17/h2,4-8,10H,1,3,9,11-12,17H2. The van der Waals surface area contributed by atoms with Gasteiger partial charge >= 0.3 is 0 Å². The molecular formula is C15H19ClN2O. The minimum atomic E-state index is 0.645. The van der Waals surface area contributed by atoms with E-state index in [4.69, 9.17) is 22.1 Å². The maximum atomic E-state index is 5.83. The van der Waals surface area contributed by atoms with Gasteiger partial charge in [-0.2, -0.15) is 0 Å². The summed E-state index contributed by atoms with van der Waals surface area (Å²) < 4.78 is 7.90. The SMILES string of the molecule is NCCCc1cccn1CCOc1ccc(Cl)cc1. The van der Waals surface area contributed by atoms with E-state index >= 15 is 0 Å². The highest BCUT2D eigenvalue weighted by Crippen LogP contribution is 2.15. The first-order valence-electron chi connectivity index (χ1n) is 6.52. The molecular weight excluding hydrogens is 260 g/mol. The highest BCUT2D eigenvalue weighted by molar-refractivity contribution is 6.30. The second-order valence-electron chi connectivity index (χ2n) is 4.39. The number of aromatic nitrogens is 1. The Hall–Kier alpha value is -1.45. The zero-order chi connectivity index (χ0) is 13.5. The van der Waals surface area contributed by atoms with Gasteiger partial charge in [0.2, 0.25) is 0 Å². The lowest BCUT2D eigenvalue weighted by atomic mass is 10.2. The third-order valence-corrected chi connectivity index (χ3v) is 3.23. The summed E-state index contributed by atoms with van der Waals surface area (Å²) in [5, 5.41) is 0.724. The van der Waals surface area contributed by atoms with Crippen LogP contribution >= 0.6 is 11.6 Å². The maximum Gasteiger partial charge on any atom is 0.119 e. The first-order chi connectivity index (χ1) is 9.29. The molecule has 0 radical (unpaired) electrons. The molecule has 1 heterocycles. The number of ether oxygens (including phenoxy) is 1. The fraction of sp³-hybridized carbons (Fsp3) is 0.333. The number of nitrogens with zero attached hydrogens (tertiary/aromatic N) is 1. The molecule has 0 aliphatic rings. The quantitative estimate of drug-likeness (QED) is 0.845. The summed E-state index contributed by atoms with van der Waals surface area (Å²) in [5.41, 5.74) is 6.85. The van der Waals surface area contributed by atoms with Gasteiger partial charge in [-0.05, 0) is 55.8 Å². The molecule has 0 unspecified atom stereocenters. The second kappa shape index (κ2) is 7.22. The fourth-order valence-corrected chi connectivity index (χ4v) is 2.10. The topological polar surface area (TPSA) is 40.2 Å². The van der Waals surface area contributed by atoms with E-state index in [1.807, 2.05) is 24.3 Å². The van der Waals surface area contributed by atoms with Crippen molar-refractivity contribution in [3.05, 3.63) is 53.3 Å². The lowest BCUT2D eigenvalue weighted by molar-refractivity contribution is 0.296. The number of nitrogens with two attached hydrogens (primary N) is 1. The molecule has 0 fully saturated rings. The van der Waals surface area contributed by atoms with Crippen LogP contribution < -0.4 is 10.5 Å². The van der Waals surface area contributed by atoms with Crippen molar-refractivity contribution in [2.75, 3.05) is 13.2 Å². The molecule has 1 aromatic heterocycles. The number of hydrogen-bond donors (Lipinski definition) is 1. The monoisotopic (exact) mass is 278 g/mol. The first kappa shape index (κ1) is 14.0. The van der Waals surface area contributed by atoms with Gasteiger partial charge < -0.3 is 15.0 Å². The Bertz CT molecular complexity index is 493. The lowest BCUT2D eigenvalue weighted by Crippen LogP contribution is -2.11. The highest BCUT2D eigenvalue weighted by Gasteiger charge is 2.01. The van der Waals surface area contributed by atoms with Crippen LogP contribution in [0.2, 0.25) is 5.02 Å². The first-order valence-corrected chi connectivity index (χ1v) is 6.90. The molecule has 0 amide bonds. The van der Waals surface area contributed by atoms with Crippen LogP contribution in [-0.4, -0.2) is 17.7 Å². The lowest BCUT2D eigenvalue weighted by Gasteiger charge is -2.10. The average molecular weight is 279 g/mol. The van der Waals surface area contributed by atoms with E-state index in [2.05, 4.69) is 22.9 Å². The smallest absolute Gasteiger partial charge is 0.119 e. The Kier molecular flexibility index (Phi) is 5.31. The highest BCUT2D eigenvalue weighted by atomic mass is 35.5. The molecule has 2 rings (SSSR count). The van der Waals surface area contributed by atoms with Crippen molar-refractivity contribution < 1.29 is 4.74 Å². The summed E-state index contributed by atoms with van der Waals surface area (Å²) >= 11 is 5.83. The van der Waals surface area contributed by atoms with Gasteiger partial charge in [-0.15, -0.1) is 0 Å². The van der Waals surface area contributed by atoms with E-state index in [-0.39, 0.29) is 0 Å². The van der Waals surface area contributed by atoms with Gasteiger partial charge in [0.1, 0.15) is 12.4 Å². The van der Waals surface area contributed by atoms with Gasteiger partial charge in [0.25, 0.3) is 0 Å². The van der Waals surface area contributed by atoms with Gasteiger partial charge in [-0.3, -0.25) is 0 Å². The maximum absolute atomic E-state index is 5.83. The largest absolute Gasteiger partial charge is 0.492 e. The molecule has 0 spiro atoms. The third kappa shape index (κ3) is 4.30. The number of hydrogen-bond acceptors (Lipinski definition) is 2. The number of halogens is 1. The Morgan fingerprint density at radius 3 is 2.68 bits per heavy atom. The van der Waals surface area contributed by atoms with Crippen molar-refractivity contribution in [3.8, 4) is 5.75 Å². The van der Waals surface area contributed by atoms with Crippen LogP contribution in [0.5, 0.6) is 5.75 Å². The van der Waals surface area contributed by atoms with Crippen molar-refractivity contribution in [2.24, 2.45) is 5.73 Å². The molecule has 0 bridgehead atoms. The molecule has 1 aromatic carbocycles. The van der Waals surface area contributed by atoms with E-state index in [0.29, 0.717) is 6.61 Å².